The molecule has 0 fully saturated rings. The average Bonchev–Trinajstić information content (AvgIpc) is 1.62. The molecular formula is C6H17K3O5P2. The Bertz CT molecular complexity index is 125. The molecule has 0 saturated carbocycles. The van der Waals surface area contributed by atoms with Crippen molar-refractivity contribution < 1.29 is 179 Å². The van der Waals surface area contributed by atoms with Gasteiger partial charge in [-0.25, -0.2) is 4.79 Å². The van der Waals surface area contributed by atoms with Crippen LogP contribution in [0.1, 0.15) is 13.8 Å². The summed E-state index contributed by atoms with van der Waals surface area (Å²) in [7, 11) is 0. The van der Waals surface area contributed by atoms with Crippen LogP contribution in [0.4, 0.5) is 4.79 Å². The van der Waals surface area contributed by atoms with Gasteiger partial charge in [-0.15, -0.1) is 0 Å². The molecule has 0 amide bonds. The van der Waals surface area contributed by atoms with Crippen molar-refractivity contribution >= 4 is 31.9 Å². The van der Waals surface area contributed by atoms with Crippen LogP contribution in [-0.2, 0) is 9.53 Å². The number of rotatable bonds is 1. The molecule has 10 heteroatoms. The molecule has 0 aromatic heterocycles. The van der Waals surface area contributed by atoms with Gasteiger partial charge in [-0.2, -0.15) is 0 Å². The van der Waals surface area contributed by atoms with E-state index in [9.17, 15) is 4.79 Å². The van der Waals surface area contributed by atoms with E-state index < -0.39 is 12.1 Å². The first-order valence-corrected chi connectivity index (χ1v) is 2.56. The fourth-order valence-electron chi connectivity index (χ4n) is 0.123. The van der Waals surface area contributed by atoms with E-state index in [2.05, 4.69) is 4.74 Å². The van der Waals surface area contributed by atoms with Crippen molar-refractivity contribution in [1.29, 1.82) is 0 Å². The van der Waals surface area contributed by atoms with Gasteiger partial charge in [0.25, 0.3) is 5.97 Å². The summed E-state index contributed by atoms with van der Waals surface area (Å²) in [6.45, 7) is 2.93. The fourth-order valence-corrected chi connectivity index (χ4v) is 0.123. The minimum Gasteiger partial charge on any atom is -0.577 e. The van der Waals surface area contributed by atoms with Crippen molar-refractivity contribution in [3.8, 4) is 0 Å². The van der Waals surface area contributed by atoms with Crippen LogP contribution >= 0.6 is 19.8 Å². The molecule has 0 saturated heterocycles. The van der Waals surface area contributed by atoms with Gasteiger partial charge in [-0.1, -0.05) is 0 Å². The number of ether oxygens (including phenoxy) is 1. The maximum Gasteiger partial charge on any atom is 1.00 e. The summed E-state index contributed by atoms with van der Waals surface area (Å²) in [5, 5.41) is 15.1. The van der Waals surface area contributed by atoms with Crippen molar-refractivity contribution in [1.82, 2.24) is 0 Å². The van der Waals surface area contributed by atoms with Gasteiger partial charge in [0.15, 0.2) is 0 Å². The molecule has 0 aliphatic rings. The SMILES string of the molecule is CC(=O)O.CCOC(=O)O.[CH3-].[K+].[K+].[K+].[PH2-].[PH2-]. The van der Waals surface area contributed by atoms with Crippen LogP contribution in [0, 0.1) is 7.43 Å². The zero-order chi connectivity index (χ0) is 8.57. The summed E-state index contributed by atoms with van der Waals surface area (Å²) in [5.74, 6) is -0.833. The van der Waals surface area contributed by atoms with Crippen molar-refractivity contribution in [3.05, 3.63) is 7.43 Å². The number of carbonyl (C=O) groups is 2. The number of aliphatic carboxylic acids is 1. The summed E-state index contributed by atoms with van der Waals surface area (Å²) >= 11 is 0. The zero-order valence-electron chi connectivity index (χ0n) is 11.0. The normalized spacial score (nSPS) is 4.38. The topological polar surface area (TPSA) is 83.8 Å². The minimum atomic E-state index is -1.21. The number of hydrogen-bond donors (Lipinski definition) is 2. The molecule has 0 aliphatic heterocycles. The van der Waals surface area contributed by atoms with Gasteiger partial charge in [-0.3, -0.25) is 4.79 Å². The largest absolute Gasteiger partial charge is 1.00 e. The van der Waals surface area contributed by atoms with Crippen LogP contribution in [0.2, 0.25) is 0 Å². The van der Waals surface area contributed by atoms with Gasteiger partial charge in [-0.05, 0) is 6.92 Å². The van der Waals surface area contributed by atoms with E-state index in [0.717, 1.165) is 6.92 Å². The molecule has 2 N–H and O–H groups in total. The summed E-state index contributed by atoms with van der Waals surface area (Å²) in [4.78, 5) is 18.4. The van der Waals surface area contributed by atoms with Gasteiger partial charge >= 0.3 is 160 Å². The summed E-state index contributed by atoms with van der Waals surface area (Å²) < 4.78 is 3.96. The number of hydrogen-bond acceptors (Lipinski definition) is 3. The Morgan fingerprint density at radius 2 is 1.25 bits per heavy atom. The molecule has 0 spiro atoms. The second-order valence-electron chi connectivity index (χ2n) is 1.22. The second kappa shape index (κ2) is 42.7. The molecule has 16 heavy (non-hydrogen) atoms. The first-order valence-electron chi connectivity index (χ1n) is 2.56. The van der Waals surface area contributed by atoms with E-state index in [4.69, 9.17) is 15.0 Å². The third kappa shape index (κ3) is 101. The summed E-state index contributed by atoms with van der Waals surface area (Å²) in [6, 6.07) is 0. The minimum absolute atomic E-state index is 0. The van der Waals surface area contributed by atoms with E-state index in [1.54, 1.807) is 6.92 Å². The zero-order valence-corrected chi connectivity index (χ0v) is 22.7. The smallest absolute Gasteiger partial charge is 0.577 e. The Labute approximate surface area is 232 Å². The van der Waals surface area contributed by atoms with Crippen molar-refractivity contribution in [3.63, 3.8) is 0 Å². The molecule has 0 rings (SSSR count). The second-order valence-corrected chi connectivity index (χ2v) is 1.22. The molecule has 0 aliphatic carbocycles. The third-order valence-corrected chi connectivity index (χ3v) is 0.268. The van der Waals surface area contributed by atoms with Gasteiger partial charge in [0, 0.05) is 6.92 Å². The van der Waals surface area contributed by atoms with Crippen LogP contribution < -0.4 is 154 Å². The predicted molar refractivity (Wildman–Crippen MR) is 58.8 cm³/mol. The standard InChI is InChI=1S/C3H6O3.C2H4O2.CH3.3K.2H2P/c1-2-6-3(4)5;1-2(3)4;;;;;;/h2H2,1H3,(H,4,5);1H3,(H,3,4);1H3;;;;2*1H2/q;;-1;3*+1;2*-1. The van der Waals surface area contributed by atoms with E-state index in [-0.39, 0.29) is 188 Å². The average molecular weight is 348 g/mol. The first-order chi connectivity index (χ1) is 4.50. The molecule has 84 valence electrons. The van der Waals surface area contributed by atoms with E-state index in [1.807, 2.05) is 0 Å². The van der Waals surface area contributed by atoms with E-state index in [0.29, 0.717) is 0 Å². The first kappa shape index (κ1) is 49.9. The van der Waals surface area contributed by atoms with Crippen LogP contribution in [0.3, 0.4) is 0 Å². The Morgan fingerprint density at radius 1 is 1.06 bits per heavy atom. The van der Waals surface area contributed by atoms with Crippen LogP contribution in [-0.4, -0.2) is 28.9 Å². The van der Waals surface area contributed by atoms with Gasteiger partial charge in [0.1, 0.15) is 0 Å². The van der Waals surface area contributed by atoms with E-state index in [1.165, 1.54) is 0 Å². The Balaban J connectivity index is -0.00000001000. The molecule has 0 bridgehead atoms. The van der Waals surface area contributed by atoms with Crippen LogP contribution in [0.5, 0.6) is 0 Å². The third-order valence-electron chi connectivity index (χ3n) is 0.268. The number of carboxylic acid groups (broad SMARTS) is 2. The summed E-state index contributed by atoms with van der Waals surface area (Å²) in [6.07, 6.45) is -1.21. The van der Waals surface area contributed by atoms with Gasteiger partial charge in [0.2, 0.25) is 0 Å². The van der Waals surface area contributed by atoms with Crippen molar-refractivity contribution in [2.45, 2.75) is 13.8 Å². The summed E-state index contributed by atoms with van der Waals surface area (Å²) in [5.41, 5.74) is 0. The maximum atomic E-state index is 9.38. The Hall–Kier alpha value is 4.51. The molecule has 0 unspecified atom stereocenters. The quantitative estimate of drug-likeness (QED) is 0.213. The molecule has 0 aromatic carbocycles. The van der Waals surface area contributed by atoms with Crippen LogP contribution in [0.15, 0.2) is 0 Å². The monoisotopic (exact) mass is 348 g/mol. The molecule has 5 nitrogen and oxygen atoms in total. The van der Waals surface area contributed by atoms with Gasteiger partial charge < -0.3 is 42.2 Å². The molecule has 0 atom stereocenters. The fraction of sp³-hybridized carbons (Fsp3) is 0.500. The Morgan fingerprint density at radius 3 is 1.25 bits per heavy atom. The molecule has 0 radical (unpaired) electrons. The van der Waals surface area contributed by atoms with E-state index >= 15 is 0 Å². The molecule has 0 heterocycles. The van der Waals surface area contributed by atoms with Crippen LogP contribution in [0.25, 0.3) is 0 Å². The molecule has 0 aromatic rings. The van der Waals surface area contributed by atoms with Gasteiger partial charge in [0.05, 0.1) is 6.61 Å². The van der Waals surface area contributed by atoms with Crippen molar-refractivity contribution in [2.75, 3.05) is 6.61 Å². The number of carboxylic acids is 1. The molecular weight excluding hydrogens is 331 g/mol. The van der Waals surface area contributed by atoms with Crippen molar-refractivity contribution in [2.24, 2.45) is 0 Å². The maximum absolute atomic E-state index is 9.38. The predicted octanol–water partition coefficient (Wildman–Crippen LogP) is -7.09. The Kier molecular flexibility index (Phi) is 133.